The molecule has 0 saturated heterocycles. The molecule has 1 spiro atoms. The monoisotopic (exact) mass is 187 g/mol. The maximum Gasteiger partial charge on any atom is 0.248 e. The molecule has 0 aromatic heterocycles. The van der Waals surface area contributed by atoms with Crippen molar-refractivity contribution >= 4 is 5.91 Å². The van der Waals surface area contributed by atoms with Crippen LogP contribution in [-0.2, 0) is 11.8 Å². The Hall–Kier alpha value is -1.31. The number of carbonyl (C=O) groups is 1. The topological polar surface area (TPSA) is 43.1 Å². The fourth-order valence-electron chi connectivity index (χ4n) is 2.62. The van der Waals surface area contributed by atoms with Gasteiger partial charge in [0.1, 0.15) is 0 Å². The molecule has 0 radical (unpaired) electrons. The summed E-state index contributed by atoms with van der Waals surface area (Å²) in [5, 5.41) is 0. The van der Waals surface area contributed by atoms with E-state index in [0.29, 0.717) is 11.0 Å². The Morgan fingerprint density at radius 1 is 1.29 bits per heavy atom. The van der Waals surface area contributed by atoms with Crippen LogP contribution in [0.4, 0.5) is 0 Å². The molecule has 1 aromatic carbocycles. The van der Waals surface area contributed by atoms with E-state index in [0.717, 1.165) is 0 Å². The van der Waals surface area contributed by atoms with Crippen molar-refractivity contribution in [2.24, 2.45) is 5.73 Å². The Labute approximate surface area is 83.1 Å². The number of aryl methyl sites for hydroxylation is 1. The molecule has 2 aliphatic rings. The molecule has 0 bridgehead atoms. The number of rotatable bonds is 1. The van der Waals surface area contributed by atoms with Gasteiger partial charge < -0.3 is 5.73 Å². The number of benzene rings is 1. The Bertz CT molecular complexity index is 418. The lowest BCUT2D eigenvalue weighted by molar-refractivity contribution is 0.1000. The van der Waals surface area contributed by atoms with E-state index in [4.69, 9.17) is 5.73 Å². The first-order valence-corrected chi connectivity index (χ1v) is 5.15. The normalized spacial score (nSPS) is 20.9. The van der Waals surface area contributed by atoms with Gasteiger partial charge in [-0.15, -0.1) is 0 Å². The summed E-state index contributed by atoms with van der Waals surface area (Å²) in [6, 6.07) is 5.93. The largest absolute Gasteiger partial charge is 0.366 e. The third-order valence-corrected chi connectivity index (χ3v) is 3.69. The standard InChI is InChI=1S/C12H13NO/c13-11(14)9-2-1-8-3-4-12(5-6-12)10(8)7-9/h1-2,7H,3-6H2,(H2,13,14). The van der Waals surface area contributed by atoms with Gasteiger partial charge in [-0.25, -0.2) is 0 Å². The van der Waals surface area contributed by atoms with Crippen molar-refractivity contribution in [3.63, 3.8) is 0 Å². The van der Waals surface area contributed by atoms with Crippen LogP contribution in [-0.4, -0.2) is 5.91 Å². The number of amides is 1. The van der Waals surface area contributed by atoms with E-state index in [1.807, 2.05) is 12.1 Å². The van der Waals surface area contributed by atoms with Gasteiger partial charge in [-0.05, 0) is 54.4 Å². The average molecular weight is 187 g/mol. The number of carbonyl (C=O) groups excluding carboxylic acids is 1. The highest BCUT2D eigenvalue weighted by Gasteiger charge is 2.48. The van der Waals surface area contributed by atoms with Gasteiger partial charge in [-0.3, -0.25) is 4.79 Å². The minimum absolute atomic E-state index is 0.310. The van der Waals surface area contributed by atoms with E-state index < -0.39 is 0 Å². The molecule has 0 unspecified atom stereocenters. The summed E-state index contributed by atoms with van der Waals surface area (Å²) < 4.78 is 0. The molecular weight excluding hydrogens is 174 g/mol. The summed E-state index contributed by atoms with van der Waals surface area (Å²) in [5.41, 5.74) is 9.21. The van der Waals surface area contributed by atoms with E-state index in [1.54, 1.807) is 0 Å². The molecular formula is C12H13NO. The zero-order valence-electron chi connectivity index (χ0n) is 8.05. The molecule has 1 saturated carbocycles. The predicted octanol–water partition coefficient (Wildman–Crippen LogP) is 1.76. The van der Waals surface area contributed by atoms with Crippen LogP contribution in [0, 0.1) is 0 Å². The molecule has 14 heavy (non-hydrogen) atoms. The lowest BCUT2D eigenvalue weighted by Crippen LogP contribution is -2.12. The lowest BCUT2D eigenvalue weighted by Gasteiger charge is -2.08. The molecule has 0 atom stereocenters. The summed E-state index contributed by atoms with van der Waals surface area (Å²) in [7, 11) is 0. The molecule has 1 amide bonds. The first-order valence-electron chi connectivity index (χ1n) is 5.15. The van der Waals surface area contributed by atoms with Crippen LogP contribution >= 0.6 is 0 Å². The lowest BCUT2D eigenvalue weighted by atomic mass is 9.96. The zero-order valence-corrected chi connectivity index (χ0v) is 8.05. The first-order chi connectivity index (χ1) is 6.71. The fraction of sp³-hybridized carbons (Fsp3) is 0.417. The van der Waals surface area contributed by atoms with Crippen molar-refractivity contribution in [3.05, 3.63) is 34.9 Å². The summed E-state index contributed by atoms with van der Waals surface area (Å²) in [5.74, 6) is -0.310. The van der Waals surface area contributed by atoms with Crippen molar-refractivity contribution in [2.75, 3.05) is 0 Å². The van der Waals surface area contributed by atoms with E-state index in [1.165, 1.54) is 36.8 Å². The highest BCUT2D eigenvalue weighted by atomic mass is 16.1. The molecule has 2 aliphatic carbocycles. The summed E-state index contributed by atoms with van der Waals surface area (Å²) in [6.07, 6.45) is 5.03. The SMILES string of the molecule is NC(=O)c1ccc2c(c1)C1(CC2)CC1. The minimum atomic E-state index is -0.310. The van der Waals surface area contributed by atoms with Gasteiger partial charge in [-0.1, -0.05) is 6.07 Å². The van der Waals surface area contributed by atoms with Crippen LogP contribution < -0.4 is 5.73 Å². The van der Waals surface area contributed by atoms with E-state index in [2.05, 4.69) is 6.07 Å². The average Bonchev–Trinajstić information content (AvgIpc) is 2.85. The van der Waals surface area contributed by atoms with Crippen molar-refractivity contribution in [2.45, 2.75) is 31.1 Å². The van der Waals surface area contributed by atoms with Crippen LogP contribution in [0.25, 0.3) is 0 Å². The number of fused-ring (bicyclic) bond motifs is 2. The highest BCUT2D eigenvalue weighted by molar-refractivity contribution is 5.93. The van der Waals surface area contributed by atoms with Gasteiger partial charge in [0.15, 0.2) is 0 Å². The molecule has 1 aromatic rings. The summed E-state index contributed by atoms with van der Waals surface area (Å²) >= 11 is 0. The molecule has 2 N–H and O–H groups in total. The van der Waals surface area contributed by atoms with E-state index in [9.17, 15) is 4.79 Å². The van der Waals surface area contributed by atoms with Crippen LogP contribution in [0.5, 0.6) is 0 Å². The van der Waals surface area contributed by atoms with E-state index >= 15 is 0 Å². The van der Waals surface area contributed by atoms with E-state index in [-0.39, 0.29) is 5.91 Å². The third kappa shape index (κ3) is 0.939. The predicted molar refractivity (Wildman–Crippen MR) is 54.2 cm³/mol. The number of nitrogens with two attached hydrogens (primary N) is 1. The summed E-state index contributed by atoms with van der Waals surface area (Å²) in [4.78, 5) is 11.1. The van der Waals surface area contributed by atoms with Crippen molar-refractivity contribution < 1.29 is 4.79 Å². The Morgan fingerprint density at radius 3 is 2.71 bits per heavy atom. The first kappa shape index (κ1) is 8.04. The maximum absolute atomic E-state index is 11.1. The van der Waals surface area contributed by atoms with Gasteiger partial charge in [-0.2, -0.15) is 0 Å². The third-order valence-electron chi connectivity index (χ3n) is 3.69. The number of primary amides is 1. The van der Waals surface area contributed by atoms with Crippen molar-refractivity contribution in [1.82, 2.24) is 0 Å². The number of hydrogen-bond acceptors (Lipinski definition) is 1. The van der Waals surface area contributed by atoms with Crippen molar-refractivity contribution in [1.29, 1.82) is 0 Å². The van der Waals surface area contributed by atoms with Crippen LogP contribution in [0.1, 0.15) is 40.7 Å². The fourth-order valence-corrected chi connectivity index (χ4v) is 2.62. The molecule has 2 heteroatoms. The van der Waals surface area contributed by atoms with Gasteiger partial charge in [0, 0.05) is 5.56 Å². The molecule has 0 aliphatic heterocycles. The van der Waals surface area contributed by atoms with Crippen molar-refractivity contribution in [3.8, 4) is 0 Å². The van der Waals surface area contributed by atoms with Crippen LogP contribution in [0.3, 0.4) is 0 Å². The van der Waals surface area contributed by atoms with Gasteiger partial charge in [0.25, 0.3) is 0 Å². The maximum atomic E-state index is 11.1. The molecule has 2 nitrogen and oxygen atoms in total. The quantitative estimate of drug-likeness (QED) is 0.715. The number of hydrogen-bond donors (Lipinski definition) is 1. The second kappa shape index (κ2) is 2.38. The smallest absolute Gasteiger partial charge is 0.248 e. The van der Waals surface area contributed by atoms with Gasteiger partial charge in [0.2, 0.25) is 5.91 Å². The second-order valence-electron chi connectivity index (χ2n) is 4.52. The van der Waals surface area contributed by atoms with Gasteiger partial charge in [0.05, 0.1) is 0 Å². The molecule has 3 rings (SSSR count). The minimum Gasteiger partial charge on any atom is -0.366 e. The van der Waals surface area contributed by atoms with Crippen LogP contribution in [0.15, 0.2) is 18.2 Å². The molecule has 0 heterocycles. The zero-order chi connectivity index (χ0) is 9.76. The van der Waals surface area contributed by atoms with Crippen LogP contribution in [0.2, 0.25) is 0 Å². The molecule has 72 valence electrons. The molecule has 1 fully saturated rings. The van der Waals surface area contributed by atoms with Gasteiger partial charge >= 0.3 is 0 Å². The Balaban J connectivity index is 2.13. The Morgan fingerprint density at radius 2 is 2.07 bits per heavy atom. The summed E-state index contributed by atoms with van der Waals surface area (Å²) in [6.45, 7) is 0. The Kier molecular flexibility index (Phi) is 1.37. The highest BCUT2D eigenvalue weighted by Crippen LogP contribution is 2.56. The second-order valence-corrected chi connectivity index (χ2v) is 4.52.